The van der Waals surface area contributed by atoms with Gasteiger partial charge in [0.2, 0.25) is 0 Å². The van der Waals surface area contributed by atoms with Crippen LogP contribution in [-0.4, -0.2) is 8.07 Å². The highest BCUT2D eigenvalue weighted by Gasteiger charge is 2.32. The molecular formula is C8H16F2Si. The summed E-state index contributed by atoms with van der Waals surface area (Å²) in [6.45, 7) is 5.84. The van der Waals surface area contributed by atoms with E-state index in [-0.39, 0.29) is 6.33 Å². The van der Waals surface area contributed by atoms with E-state index in [0.29, 0.717) is 0 Å². The molecule has 0 saturated carbocycles. The summed E-state index contributed by atoms with van der Waals surface area (Å²) in [5, 5.41) is 0. The van der Waals surface area contributed by atoms with Gasteiger partial charge in [0.25, 0.3) is 0 Å². The molecule has 0 aliphatic heterocycles. The molecule has 0 saturated heterocycles. The van der Waals surface area contributed by atoms with Crippen molar-refractivity contribution in [3.05, 3.63) is 11.8 Å². The zero-order chi connectivity index (χ0) is 8.91. The van der Waals surface area contributed by atoms with Crippen molar-refractivity contribution in [3.8, 4) is 0 Å². The highest BCUT2D eigenvalue weighted by Crippen LogP contribution is 2.29. The minimum Gasteiger partial charge on any atom is -0.215 e. The standard InChI is InChI=1S/C8H16F2Si/c1-4-11(5-2,6-3)8(10)7-9/h7H,4-6H2,1-3H3. The van der Waals surface area contributed by atoms with Crippen LogP contribution in [0, 0.1) is 0 Å². The molecule has 11 heavy (non-hydrogen) atoms. The average molecular weight is 178 g/mol. The fourth-order valence-electron chi connectivity index (χ4n) is 1.37. The van der Waals surface area contributed by atoms with Crippen LogP contribution in [0.4, 0.5) is 8.78 Å². The molecule has 0 atom stereocenters. The molecule has 0 aliphatic rings. The minimum atomic E-state index is -2.00. The van der Waals surface area contributed by atoms with E-state index in [4.69, 9.17) is 0 Å². The molecule has 66 valence electrons. The van der Waals surface area contributed by atoms with Crippen molar-refractivity contribution >= 4 is 8.07 Å². The van der Waals surface area contributed by atoms with Crippen LogP contribution in [-0.2, 0) is 0 Å². The highest BCUT2D eigenvalue weighted by molar-refractivity contribution is 6.85. The number of hydrogen-bond donors (Lipinski definition) is 0. The van der Waals surface area contributed by atoms with Crippen molar-refractivity contribution in [1.29, 1.82) is 0 Å². The number of rotatable bonds is 4. The van der Waals surface area contributed by atoms with Crippen molar-refractivity contribution in [2.45, 2.75) is 38.9 Å². The van der Waals surface area contributed by atoms with Gasteiger partial charge in [-0.2, -0.15) is 0 Å². The van der Waals surface area contributed by atoms with Crippen LogP contribution < -0.4 is 0 Å². The van der Waals surface area contributed by atoms with E-state index in [1.165, 1.54) is 0 Å². The van der Waals surface area contributed by atoms with Crippen molar-refractivity contribution < 1.29 is 8.78 Å². The van der Waals surface area contributed by atoms with Gasteiger partial charge in [0.15, 0.2) is 0 Å². The van der Waals surface area contributed by atoms with Crippen molar-refractivity contribution in [2.24, 2.45) is 0 Å². The highest BCUT2D eigenvalue weighted by atomic mass is 28.3. The fraction of sp³-hybridized carbons (Fsp3) is 0.750. The summed E-state index contributed by atoms with van der Waals surface area (Å²) in [7, 11) is -2.00. The molecule has 0 spiro atoms. The fourth-order valence-corrected chi connectivity index (χ4v) is 4.12. The van der Waals surface area contributed by atoms with E-state index in [1.54, 1.807) is 0 Å². The second kappa shape index (κ2) is 4.65. The topological polar surface area (TPSA) is 0 Å². The lowest BCUT2D eigenvalue weighted by Crippen LogP contribution is -2.32. The zero-order valence-electron chi connectivity index (χ0n) is 7.45. The van der Waals surface area contributed by atoms with Gasteiger partial charge in [-0.3, -0.25) is 0 Å². The van der Waals surface area contributed by atoms with Gasteiger partial charge in [0.05, 0.1) is 0 Å². The van der Waals surface area contributed by atoms with E-state index < -0.39 is 13.5 Å². The van der Waals surface area contributed by atoms with Crippen LogP contribution >= 0.6 is 0 Å². The number of halogens is 2. The van der Waals surface area contributed by atoms with E-state index in [2.05, 4.69) is 0 Å². The second-order valence-electron chi connectivity index (χ2n) is 2.80. The van der Waals surface area contributed by atoms with Crippen molar-refractivity contribution in [2.75, 3.05) is 0 Å². The SMILES string of the molecule is CC[Si](CC)(CC)C(F)=CF. The number of hydrogen-bond acceptors (Lipinski definition) is 0. The molecule has 0 N–H and O–H groups in total. The Morgan fingerprint density at radius 3 is 1.64 bits per heavy atom. The van der Waals surface area contributed by atoms with E-state index in [9.17, 15) is 8.78 Å². The Bertz CT molecular complexity index is 131. The summed E-state index contributed by atoms with van der Waals surface area (Å²) in [6, 6.07) is 2.39. The first-order valence-electron chi connectivity index (χ1n) is 4.13. The smallest absolute Gasteiger partial charge is 0.126 e. The predicted molar refractivity (Wildman–Crippen MR) is 47.5 cm³/mol. The lowest BCUT2D eigenvalue weighted by atomic mass is 10.9. The van der Waals surface area contributed by atoms with Crippen molar-refractivity contribution in [1.82, 2.24) is 0 Å². The maximum atomic E-state index is 13.0. The van der Waals surface area contributed by atoms with Crippen LogP contribution in [0.25, 0.3) is 0 Å². The largest absolute Gasteiger partial charge is 0.215 e. The first kappa shape index (κ1) is 10.8. The van der Waals surface area contributed by atoms with Crippen LogP contribution in [0.2, 0.25) is 18.1 Å². The normalized spacial score (nSPS) is 13.7. The third-order valence-corrected chi connectivity index (χ3v) is 7.82. The summed E-state index contributed by atoms with van der Waals surface area (Å²) in [6.07, 6.45) is 0.155. The van der Waals surface area contributed by atoms with E-state index >= 15 is 0 Å². The monoisotopic (exact) mass is 178 g/mol. The van der Waals surface area contributed by atoms with Crippen molar-refractivity contribution in [3.63, 3.8) is 0 Å². The third-order valence-electron chi connectivity index (χ3n) is 2.63. The molecule has 0 aromatic rings. The lowest BCUT2D eigenvalue weighted by Gasteiger charge is -2.24. The molecule has 0 rings (SSSR count). The molecule has 0 aromatic heterocycles. The summed E-state index contributed by atoms with van der Waals surface area (Å²) >= 11 is 0. The van der Waals surface area contributed by atoms with Gasteiger partial charge in [-0.15, -0.1) is 0 Å². The van der Waals surface area contributed by atoms with Gasteiger partial charge in [0.1, 0.15) is 19.9 Å². The van der Waals surface area contributed by atoms with E-state index in [1.807, 2.05) is 20.8 Å². The molecule has 0 fully saturated rings. The first-order valence-corrected chi connectivity index (χ1v) is 6.75. The Kier molecular flexibility index (Phi) is 4.57. The molecule has 0 aromatic carbocycles. The molecule has 0 heterocycles. The summed E-state index contributed by atoms with van der Waals surface area (Å²) < 4.78 is 24.9. The molecular weight excluding hydrogens is 162 g/mol. The maximum absolute atomic E-state index is 13.0. The second-order valence-corrected chi connectivity index (χ2v) is 7.96. The molecule has 0 nitrogen and oxygen atoms in total. The lowest BCUT2D eigenvalue weighted by molar-refractivity contribution is 0.613. The van der Waals surface area contributed by atoms with Gasteiger partial charge >= 0.3 is 0 Å². The zero-order valence-corrected chi connectivity index (χ0v) is 8.45. The first-order chi connectivity index (χ1) is 5.16. The summed E-state index contributed by atoms with van der Waals surface area (Å²) in [5.41, 5.74) is -0.468. The Morgan fingerprint density at radius 1 is 1.18 bits per heavy atom. The summed E-state index contributed by atoms with van der Waals surface area (Å²) in [4.78, 5) is 0. The predicted octanol–water partition coefficient (Wildman–Crippen LogP) is 3.81. The minimum absolute atomic E-state index is 0.155. The van der Waals surface area contributed by atoms with Crippen LogP contribution in [0.1, 0.15) is 20.8 Å². The van der Waals surface area contributed by atoms with Crippen LogP contribution in [0.5, 0.6) is 0 Å². The molecule has 0 unspecified atom stereocenters. The quantitative estimate of drug-likeness (QED) is 0.574. The average Bonchev–Trinajstić information content (AvgIpc) is 2.08. The van der Waals surface area contributed by atoms with Gasteiger partial charge in [-0.25, -0.2) is 8.78 Å². The Labute approximate surface area is 68.3 Å². The van der Waals surface area contributed by atoms with Gasteiger partial charge in [0, 0.05) is 0 Å². The Balaban J connectivity index is 4.54. The van der Waals surface area contributed by atoms with E-state index in [0.717, 1.165) is 18.1 Å². The van der Waals surface area contributed by atoms with Gasteiger partial charge in [-0.1, -0.05) is 38.9 Å². The van der Waals surface area contributed by atoms with Crippen LogP contribution in [0.3, 0.4) is 0 Å². The maximum Gasteiger partial charge on any atom is 0.126 e. The third kappa shape index (κ3) is 2.12. The van der Waals surface area contributed by atoms with Gasteiger partial charge < -0.3 is 0 Å². The molecule has 0 bridgehead atoms. The molecule has 3 heteroatoms. The van der Waals surface area contributed by atoms with Crippen LogP contribution in [0.15, 0.2) is 11.8 Å². The Hall–Kier alpha value is -0.183. The molecule has 0 amide bonds. The molecule has 0 radical (unpaired) electrons. The summed E-state index contributed by atoms with van der Waals surface area (Å²) in [5.74, 6) is 0. The molecule has 0 aliphatic carbocycles. The van der Waals surface area contributed by atoms with Gasteiger partial charge in [-0.05, 0) is 0 Å². The Morgan fingerprint density at radius 2 is 1.55 bits per heavy atom.